The summed E-state index contributed by atoms with van der Waals surface area (Å²) in [5.41, 5.74) is 2.14. The van der Waals surface area contributed by atoms with Crippen LogP contribution in [-0.4, -0.2) is 31.6 Å². The Morgan fingerprint density at radius 1 is 0.719 bits per heavy atom. The molecular weight excluding hydrogens is 404 g/mol. The van der Waals surface area contributed by atoms with Crippen molar-refractivity contribution in [1.29, 1.82) is 0 Å². The van der Waals surface area contributed by atoms with Crippen molar-refractivity contribution in [3.05, 3.63) is 109 Å². The molecule has 0 radical (unpaired) electrons. The minimum atomic E-state index is -1.79. The molecular formula is C29H34N2Si. The fraction of sp³-hybridized carbons (Fsp3) is 0.379. The zero-order valence-corrected chi connectivity index (χ0v) is 20.1. The maximum atomic E-state index is 3.96. The Bertz CT molecular complexity index is 996. The van der Waals surface area contributed by atoms with Crippen molar-refractivity contribution >= 4 is 8.24 Å². The van der Waals surface area contributed by atoms with Gasteiger partial charge in [-0.05, 0) is 34.8 Å². The molecule has 0 aromatic heterocycles. The third-order valence-corrected chi connectivity index (χ3v) is 13.1. The minimum Gasteiger partial charge on any atom is -0.304 e. The second-order valence-electron chi connectivity index (χ2n) is 10.6. The van der Waals surface area contributed by atoms with Gasteiger partial charge in [0.05, 0.1) is 0 Å². The van der Waals surface area contributed by atoms with E-state index in [1.165, 1.54) is 5.56 Å². The molecule has 7 atom stereocenters. The van der Waals surface area contributed by atoms with Crippen LogP contribution in [0.1, 0.15) is 11.5 Å². The smallest absolute Gasteiger partial charge is 0.128 e. The van der Waals surface area contributed by atoms with Crippen LogP contribution >= 0.6 is 0 Å². The summed E-state index contributed by atoms with van der Waals surface area (Å²) in [5, 5.41) is 3.96. The summed E-state index contributed by atoms with van der Waals surface area (Å²) >= 11 is 0. The fourth-order valence-electron chi connectivity index (χ4n) is 7.41. The zero-order chi connectivity index (χ0) is 21.7. The number of nitrogens with one attached hydrogen (secondary N) is 1. The molecule has 5 unspecified atom stereocenters. The maximum Gasteiger partial charge on any atom is 0.128 e. The van der Waals surface area contributed by atoms with Crippen LogP contribution < -0.4 is 5.32 Å². The predicted molar refractivity (Wildman–Crippen MR) is 137 cm³/mol. The van der Waals surface area contributed by atoms with Gasteiger partial charge in [-0.25, -0.2) is 0 Å². The van der Waals surface area contributed by atoms with E-state index in [2.05, 4.69) is 126 Å². The van der Waals surface area contributed by atoms with Gasteiger partial charge in [0, 0.05) is 24.7 Å². The van der Waals surface area contributed by atoms with Gasteiger partial charge in [-0.15, -0.1) is 0 Å². The highest BCUT2D eigenvalue weighted by atomic mass is 28.3. The fourth-order valence-corrected chi connectivity index (χ4v) is 11.9. The number of hydrogen-bond donors (Lipinski definition) is 1. The number of nitrogens with zero attached hydrogens (tertiary/aromatic N) is 1. The summed E-state index contributed by atoms with van der Waals surface area (Å²) in [6, 6.07) is 11.9. The van der Waals surface area contributed by atoms with E-state index >= 15 is 0 Å². The van der Waals surface area contributed by atoms with Gasteiger partial charge < -0.3 is 4.57 Å². The van der Waals surface area contributed by atoms with Gasteiger partial charge in [0.15, 0.2) is 0 Å². The highest BCUT2D eigenvalue weighted by Crippen LogP contribution is 2.59. The Balaban J connectivity index is 1.34. The van der Waals surface area contributed by atoms with E-state index in [1.807, 2.05) is 0 Å². The van der Waals surface area contributed by atoms with E-state index < -0.39 is 8.24 Å². The minimum absolute atomic E-state index is 0.407. The first kappa shape index (κ1) is 20.4. The summed E-state index contributed by atoms with van der Waals surface area (Å²) in [5.74, 6) is 3.02. The van der Waals surface area contributed by atoms with Crippen LogP contribution in [0.15, 0.2) is 103 Å². The van der Waals surface area contributed by atoms with Crippen molar-refractivity contribution in [2.24, 2.45) is 23.7 Å². The first-order chi connectivity index (χ1) is 15.7. The van der Waals surface area contributed by atoms with Gasteiger partial charge in [0.1, 0.15) is 8.24 Å². The summed E-state index contributed by atoms with van der Waals surface area (Å²) in [7, 11) is -1.79. The van der Waals surface area contributed by atoms with Gasteiger partial charge in [-0.1, -0.05) is 116 Å². The molecule has 6 rings (SSSR count). The Morgan fingerprint density at radius 2 is 1.28 bits per heavy atom. The van der Waals surface area contributed by atoms with Crippen LogP contribution in [0, 0.1) is 23.7 Å². The maximum absolute atomic E-state index is 3.96. The van der Waals surface area contributed by atoms with Gasteiger partial charge in [-0.2, -0.15) is 0 Å². The van der Waals surface area contributed by atoms with Crippen LogP contribution in [0.3, 0.4) is 0 Å². The average Bonchev–Trinajstić information content (AvgIpc) is 3.33. The molecule has 5 aliphatic rings. The highest BCUT2D eigenvalue weighted by molar-refractivity contribution is 6.76. The molecule has 0 amide bonds. The van der Waals surface area contributed by atoms with Gasteiger partial charge in [0.25, 0.3) is 0 Å². The van der Waals surface area contributed by atoms with E-state index in [-0.39, 0.29) is 0 Å². The lowest BCUT2D eigenvalue weighted by molar-refractivity contribution is 0.393. The van der Waals surface area contributed by atoms with E-state index in [1.54, 1.807) is 0 Å². The molecule has 32 heavy (non-hydrogen) atoms. The Morgan fingerprint density at radius 3 is 1.94 bits per heavy atom. The second-order valence-corrected chi connectivity index (χ2v) is 15.1. The number of hydrogen-bond acceptors (Lipinski definition) is 2. The van der Waals surface area contributed by atoms with Crippen molar-refractivity contribution < 1.29 is 0 Å². The molecule has 0 spiro atoms. The Labute approximate surface area is 193 Å². The van der Waals surface area contributed by atoms with E-state index in [4.69, 9.17) is 0 Å². The molecule has 1 aromatic rings. The largest absolute Gasteiger partial charge is 0.304 e. The van der Waals surface area contributed by atoms with Crippen molar-refractivity contribution in [2.45, 2.75) is 36.6 Å². The topological polar surface area (TPSA) is 15.3 Å². The van der Waals surface area contributed by atoms with Gasteiger partial charge in [0.2, 0.25) is 0 Å². The molecule has 0 bridgehead atoms. The van der Waals surface area contributed by atoms with E-state index in [0.717, 1.165) is 12.2 Å². The molecule has 2 nitrogen and oxygen atoms in total. The predicted octanol–water partition coefficient (Wildman–Crippen LogP) is 5.80. The van der Waals surface area contributed by atoms with Crippen LogP contribution in [-0.2, 0) is 0 Å². The summed E-state index contributed by atoms with van der Waals surface area (Å²) in [4.78, 5) is 0. The summed E-state index contributed by atoms with van der Waals surface area (Å²) in [6.45, 7) is 6.28. The van der Waals surface area contributed by atoms with Gasteiger partial charge in [-0.3, -0.25) is 5.32 Å². The molecule has 1 heterocycles. The van der Waals surface area contributed by atoms with Crippen molar-refractivity contribution in [1.82, 2.24) is 9.88 Å². The lowest BCUT2D eigenvalue weighted by Crippen LogP contribution is -2.57. The molecule has 1 aliphatic heterocycles. The second kappa shape index (κ2) is 7.98. The summed E-state index contributed by atoms with van der Waals surface area (Å²) < 4.78 is 2.90. The van der Waals surface area contributed by atoms with Crippen molar-refractivity contribution in [3.8, 4) is 0 Å². The monoisotopic (exact) mass is 438 g/mol. The van der Waals surface area contributed by atoms with Crippen LogP contribution in [0.25, 0.3) is 0 Å². The standard InChI is InChI=1S/C29H34N2Si/c1-32(2,29-25-17-8-6-15-23(25)24-16-7-9-18-26(24)29)31-20-30-28-22(14-10-11-19-27(28)31)21-12-4-3-5-13-21/h3-19,22-30H,20H2,1-2H3/t22-,23?,24?,25?,26?,27-,28?,29?/m1/s1. The Hall–Kier alpha value is -2.20. The third kappa shape index (κ3) is 3.13. The molecule has 1 saturated heterocycles. The lowest BCUT2D eigenvalue weighted by Gasteiger charge is -2.46. The van der Waals surface area contributed by atoms with Crippen LogP contribution in [0.5, 0.6) is 0 Å². The first-order valence-electron chi connectivity index (χ1n) is 12.3. The number of allylic oxidation sites excluding steroid dienone is 10. The van der Waals surface area contributed by atoms with Crippen molar-refractivity contribution in [3.63, 3.8) is 0 Å². The zero-order valence-electron chi connectivity index (χ0n) is 19.1. The molecule has 4 aliphatic carbocycles. The highest BCUT2D eigenvalue weighted by Gasteiger charge is 2.57. The third-order valence-electron chi connectivity index (χ3n) is 8.81. The normalized spacial score (nSPS) is 39.7. The Kier molecular flexibility index (Phi) is 5.09. The molecule has 1 aromatic carbocycles. The molecule has 2 fully saturated rings. The number of benzene rings is 1. The summed E-state index contributed by atoms with van der Waals surface area (Å²) in [6.07, 6.45) is 28.6. The SMILES string of the molecule is C[Si](C)(C1C2C=CC=CC2C2C=CC=CC21)N1CNC2[C@@H](c3ccccc3)C=CC=C[C@H]21. The van der Waals surface area contributed by atoms with Crippen molar-refractivity contribution in [2.75, 3.05) is 6.67 Å². The molecule has 1 saturated carbocycles. The number of fused-ring (bicyclic) bond motifs is 4. The van der Waals surface area contributed by atoms with Gasteiger partial charge >= 0.3 is 0 Å². The number of rotatable bonds is 3. The van der Waals surface area contributed by atoms with E-state index in [9.17, 15) is 0 Å². The average molecular weight is 439 g/mol. The van der Waals surface area contributed by atoms with E-state index in [0.29, 0.717) is 41.7 Å². The quantitative estimate of drug-likeness (QED) is 0.600. The van der Waals surface area contributed by atoms with Crippen LogP contribution in [0.4, 0.5) is 0 Å². The lowest BCUT2D eigenvalue weighted by atomic mass is 9.83. The molecule has 1 N–H and O–H groups in total. The molecule has 3 heteroatoms. The molecule has 164 valence electrons. The first-order valence-corrected chi connectivity index (χ1v) is 15.3. The van der Waals surface area contributed by atoms with Crippen LogP contribution in [0.2, 0.25) is 18.6 Å².